The van der Waals surface area contributed by atoms with E-state index in [1.165, 1.54) is 0 Å². The van der Waals surface area contributed by atoms with E-state index in [-0.39, 0.29) is 17.7 Å². The summed E-state index contributed by atoms with van der Waals surface area (Å²) in [5.41, 5.74) is 2.75. The predicted octanol–water partition coefficient (Wildman–Crippen LogP) is 1.99. The van der Waals surface area contributed by atoms with Crippen molar-refractivity contribution >= 4 is 22.7 Å². The highest BCUT2D eigenvalue weighted by Gasteiger charge is 2.36. The molecule has 132 valence electrons. The maximum atomic E-state index is 12.6. The van der Waals surface area contributed by atoms with Gasteiger partial charge in [-0.1, -0.05) is 18.2 Å². The summed E-state index contributed by atoms with van der Waals surface area (Å²) in [7, 11) is 0. The van der Waals surface area contributed by atoms with Crippen LogP contribution in [0.2, 0.25) is 0 Å². The summed E-state index contributed by atoms with van der Waals surface area (Å²) in [5, 5.41) is 3.87. The highest BCUT2D eigenvalue weighted by molar-refractivity contribution is 6.07. The Morgan fingerprint density at radius 2 is 1.92 bits per heavy atom. The van der Waals surface area contributed by atoms with E-state index in [9.17, 15) is 9.59 Å². The lowest BCUT2D eigenvalue weighted by Crippen LogP contribution is -2.55. The monoisotopic (exact) mass is 348 g/mol. The lowest BCUT2D eigenvalue weighted by molar-refractivity contribution is -0.128. The number of para-hydroxylation sites is 1. The van der Waals surface area contributed by atoms with Gasteiger partial charge in [0, 0.05) is 49.1 Å². The molecule has 0 radical (unpaired) electrons. The third-order valence-electron chi connectivity index (χ3n) is 4.82. The first-order chi connectivity index (χ1) is 12.7. The summed E-state index contributed by atoms with van der Waals surface area (Å²) in [6.45, 7) is 1.54. The van der Waals surface area contributed by atoms with E-state index in [0.717, 1.165) is 22.9 Å². The number of H-pyrrole nitrogens is 1. The first-order valence-electron chi connectivity index (χ1n) is 8.74. The van der Waals surface area contributed by atoms with Crippen molar-refractivity contribution in [1.82, 2.24) is 20.2 Å². The summed E-state index contributed by atoms with van der Waals surface area (Å²) >= 11 is 0. The molecule has 0 unspecified atom stereocenters. The fraction of sp³-hybridized carbons (Fsp3) is 0.250. The minimum atomic E-state index is -0.124. The molecule has 2 N–H and O–H groups in total. The van der Waals surface area contributed by atoms with E-state index in [1.807, 2.05) is 36.4 Å². The molecule has 2 aromatic heterocycles. The van der Waals surface area contributed by atoms with E-state index in [1.54, 1.807) is 23.5 Å². The minimum absolute atomic E-state index is 0.0158. The average Bonchev–Trinajstić information content (AvgIpc) is 3.05. The maximum absolute atomic E-state index is 12.6. The van der Waals surface area contributed by atoms with Crippen LogP contribution in [0.1, 0.15) is 15.9 Å². The van der Waals surface area contributed by atoms with Crippen LogP contribution in [0.25, 0.3) is 10.9 Å². The molecule has 1 aliphatic heterocycles. The van der Waals surface area contributed by atoms with Crippen LogP contribution < -0.4 is 5.32 Å². The number of aromatic nitrogens is 2. The van der Waals surface area contributed by atoms with Crippen LogP contribution in [-0.2, 0) is 11.2 Å². The largest absolute Gasteiger partial charge is 0.360 e. The van der Waals surface area contributed by atoms with Crippen LogP contribution in [0.15, 0.2) is 55.0 Å². The van der Waals surface area contributed by atoms with Gasteiger partial charge < -0.3 is 15.2 Å². The number of rotatable bonds is 5. The molecule has 1 aromatic carbocycles. The molecule has 6 nitrogen and oxygen atoms in total. The Balaban J connectivity index is 1.28. The fourth-order valence-electron chi connectivity index (χ4n) is 3.25. The molecule has 6 heteroatoms. The Hall–Kier alpha value is -3.15. The number of carbonyl (C=O) groups excluding carboxylic acids is 2. The molecule has 0 atom stereocenters. The van der Waals surface area contributed by atoms with Gasteiger partial charge in [-0.05, 0) is 30.2 Å². The van der Waals surface area contributed by atoms with Crippen molar-refractivity contribution in [1.29, 1.82) is 0 Å². The molecule has 1 aliphatic rings. The normalized spacial score (nSPS) is 14.2. The van der Waals surface area contributed by atoms with Crippen molar-refractivity contribution in [3.63, 3.8) is 0 Å². The molecule has 0 spiro atoms. The molecule has 2 amide bonds. The number of hydrogen-bond acceptors (Lipinski definition) is 3. The lowest BCUT2D eigenvalue weighted by Gasteiger charge is -2.38. The van der Waals surface area contributed by atoms with Gasteiger partial charge in [-0.3, -0.25) is 14.6 Å². The molecule has 3 aromatic rings. The van der Waals surface area contributed by atoms with Gasteiger partial charge in [-0.2, -0.15) is 0 Å². The van der Waals surface area contributed by atoms with Crippen molar-refractivity contribution in [3.8, 4) is 0 Å². The van der Waals surface area contributed by atoms with Gasteiger partial charge in [-0.15, -0.1) is 0 Å². The van der Waals surface area contributed by atoms with Crippen LogP contribution in [0.4, 0.5) is 0 Å². The van der Waals surface area contributed by atoms with E-state index >= 15 is 0 Å². The second kappa shape index (κ2) is 7.00. The summed E-state index contributed by atoms with van der Waals surface area (Å²) < 4.78 is 0. The van der Waals surface area contributed by atoms with Gasteiger partial charge in [0.15, 0.2) is 0 Å². The van der Waals surface area contributed by atoms with Crippen molar-refractivity contribution in [2.75, 3.05) is 19.6 Å². The van der Waals surface area contributed by atoms with Crippen LogP contribution in [0, 0.1) is 5.92 Å². The number of nitrogens with one attached hydrogen (secondary N) is 2. The van der Waals surface area contributed by atoms with Crippen LogP contribution in [-0.4, -0.2) is 46.3 Å². The Kier molecular flexibility index (Phi) is 4.39. The molecule has 26 heavy (non-hydrogen) atoms. The standard InChI is InChI=1S/C20H20N4O2/c25-19(22-10-7-14-5-8-21-9-6-14)15-12-24(13-15)20(26)17-11-23-18-4-2-1-3-16(17)18/h1-6,8-9,11,15,23H,7,10,12-13H2,(H,22,25). The third-order valence-corrected chi connectivity index (χ3v) is 4.82. The molecule has 1 saturated heterocycles. The van der Waals surface area contributed by atoms with E-state index in [4.69, 9.17) is 0 Å². The molecule has 1 fully saturated rings. The van der Waals surface area contributed by atoms with E-state index in [0.29, 0.717) is 25.2 Å². The number of nitrogens with zero attached hydrogens (tertiary/aromatic N) is 2. The van der Waals surface area contributed by atoms with Gasteiger partial charge in [0.25, 0.3) is 5.91 Å². The minimum Gasteiger partial charge on any atom is -0.360 e. The molecule has 3 heterocycles. The van der Waals surface area contributed by atoms with Crippen molar-refractivity contribution in [3.05, 3.63) is 66.1 Å². The molecule has 0 saturated carbocycles. The zero-order valence-electron chi connectivity index (χ0n) is 14.3. The van der Waals surface area contributed by atoms with Crippen molar-refractivity contribution in [2.24, 2.45) is 5.92 Å². The number of benzene rings is 1. The van der Waals surface area contributed by atoms with Crippen LogP contribution in [0.3, 0.4) is 0 Å². The maximum Gasteiger partial charge on any atom is 0.256 e. The molecular formula is C20H20N4O2. The fourth-order valence-corrected chi connectivity index (χ4v) is 3.25. The highest BCUT2D eigenvalue weighted by atomic mass is 16.2. The van der Waals surface area contributed by atoms with Crippen molar-refractivity contribution in [2.45, 2.75) is 6.42 Å². The number of hydrogen-bond donors (Lipinski definition) is 2. The second-order valence-corrected chi connectivity index (χ2v) is 6.55. The zero-order valence-corrected chi connectivity index (χ0v) is 14.3. The number of amides is 2. The molecule has 4 rings (SSSR count). The second-order valence-electron chi connectivity index (χ2n) is 6.55. The lowest BCUT2D eigenvalue weighted by atomic mass is 9.97. The van der Waals surface area contributed by atoms with Crippen molar-refractivity contribution < 1.29 is 9.59 Å². The Morgan fingerprint density at radius 3 is 2.73 bits per heavy atom. The molecular weight excluding hydrogens is 328 g/mol. The van der Waals surface area contributed by atoms with Crippen LogP contribution >= 0.6 is 0 Å². The Bertz CT molecular complexity index is 929. The summed E-state index contributed by atoms with van der Waals surface area (Å²) in [6.07, 6.45) is 6.02. The number of carbonyl (C=O) groups is 2. The van der Waals surface area contributed by atoms with Gasteiger partial charge in [0.05, 0.1) is 11.5 Å². The first kappa shape index (κ1) is 16.3. The highest BCUT2D eigenvalue weighted by Crippen LogP contribution is 2.24. The van der Waals surface area contributed by atoms with Gasteiger partial charge in [0.1, 0.15) is 0 Å². The molecule has 0 bridgehead atoms. The number of fused-ring (bicyclic) bond motifs is 1. The number of pyridine rings is 1. The molecule has 0 aliphatic carbocycles. The zero-order chi connectivity index (χ0) is 17.9. The average molecular weight is 348 g/mol. The van der Waals surface area contributed by atoms with Gasteiger partial charge in [-0.25, -0.2) is 0 Å². The smallest absolute Gasteiger partial charge is 0.256 e. The third kappa shape index (κ3) is 3.18. The summed E-state index contributed by atoms with van der Waals surface area (Å²) in [4.78, 5) is 33.7. The quantitative estimate of drug-likeness (QED) is 0.740. The van der Waals surface area contributed by atoms with E-state index < -0.39 is 0 Å². The van der Waals surface area contributed by atoms with E-state index in [2.05, 4.69) is 15.3 Å². The summed E-state index contributed by atoms with van der Waals surface area (Å²) in [6, 6.07) is 11.6. The topological polar surface area (TPSA) is 78.1 Å². The predicted molar refractivity (Wildman–Crippen MR) is 98.6 cm³/mol. The number of likely N-dealkylation sites (tertiary alicyclic amines) is 1. The Labute approximate surface area is 151 Å². The van der Waals surface area contributed by atoms with Gasteiger partial charge >= 0.3 is 0 Å². The van der Waals surface area contributed by atoms with Crippen LogP contribution in [0.5, 0.6) is 0 Å². The first-order valence-corrected chi connectivity index (χ1v) is 8.74. The van der Waals surface area contributed by atoms with Gasteiger partial charge in [0.2, 0.25) is 5.91 Å². The SMILES string of the molecule is O=C(NCCc1ccncc1)C1CN(C(=O)c2c[nH]c3ccccc23)C1. The summed E-state index contributed by atoms with van der Waals surface area (Å²) in [5.74, 6) is -0.132. The Morgan fingerprint density at radius 1 is 1.15 bits per heavy atom. The number of aromatic amines is 1.